The molecule has 145 valence electrons. The first kappa shape index (κ1) is 19.7. The van der Waals surface area contributed by atoms with Crippen LogP contribution in [0.2, 0.25) is 0 Å². The first-order chi connectivity index (χ1) is 12.5. The third-order valence-corrected chi connectivity index (χ3v) is 6.81. The van der Waals surface area contributed by atoms with Crippen LogP contribution in [0.4, 0.5) is 5.69 Å². The smallest absolute Gasteiger partial charge is 0.0408 e. The highest BCUT2D eigenvalue weighted by Gasteiger charge is 2.31. The number of anilines is 1. The van der Waals surface area contributed by atoms with Crippen LogP contribution in [0.25, 0.3) is 0 Å². The summed E-state index contributed by atoms with van der Waals surface area (Å²) in [5.41, 5.74) is 3.53. The highest BCUT2D eigenvalue weighted by molar-refractivity contribution is 5.55. The second-order valence-electron chi connectivity index (χ2n) is 9.58. The third-order valence-electron chi connectivity index (χ3n) is 6.81. The van der Waals surface area contributed by atoms with Gasteiger partial charge in [0.15, 0.2) is 0 Å². The van der Waals surface area contributed by atoms with Crippen LogP contribution >= 0.6 is 0 Å². The molecule has 1 aromatic rings. The zero-order valence-electron chi connectivity index (χ0n) is 17.6. The molecule has 0 N–H and O–H groups in total. The second kappa shape index (κ2) is 8.78. The van der Waals surface area contributed by atoms with Gasteiger partial charge in [-0.2, -0.15) is 0 Å². The van der Waals surface area contributed by atoms with Gasteiger partial charge < -0.3 is 4.90 Å². The number of nitrogens with zero attached hydrogens (tertiary/aromatic N) is 2. The Hall–Kier alpha value is -1.02. The van der Waals surface area contributed by atoms with Crippen molar-refractivity contribution in [2.45, 2.75) is 72.1 Å². The summed E-state index contributed by atoms with van der Waals surface area (Å²) in [5, 5.41) is 0. The summed E-state index contributed by atoms with van der Waals surface area (Å²) >= 11 is 0. The van der Waals surface area contributed by atoms with E-state index in [-0.39, 0.29) is 0 Å². The van der Waals surface area contributed by atoms with Crippen molar-refractivity contribution in [1.29, 1.82) is 0 Å². The number of hydrogen-bond acceptors (Lipinski definition) is 2. The van der Waals surface area contributed by atoms with E-state index in [1.54, 1.807) is 5.56 Å². The topological polar surface area (TPSA) is 6.48 Å². The Morgan fingerprint density at radius 1 is 1.04 bits per heavy atom. The molecule has 1 aliphatic carbocycles. The molecule has 0 spiro atoms. The van der Waals surface area contributed by atoms with E-state index in [0.717, 1.165) is 11.8 Å². The number of benzene rings is 1. The molecule has 1 saturated carbocycles. The highest BCUT2D eigenvalue weighted by atomic mass is 15.3. The van der Waals surface area contributed by atoms with Crippen LogP contribution in [0.5, 0.6) is 0 Å². The van der Waals surface area contributed by atoms with Gasteiger partial charge in [0, 0.05) is 31.9 Å². The molecule has 2 fully saturated rings. The van der Waals surface area contributed by atoms with E-state index in [4.69, 9.17) is 0 Å². The molecule has 0 amide bonds. The van der Waals surface area contributed by atoms with Gasteiger partial charge in [-0.3, -0.25) is 4.90 Å². The van der Waals surface area contributed by atoms with E-state index >= 15 is 0 Å². The molecule has 0 atom stereocenters. The van der Waals surface area contributed by atoms with Gasteiger partial charge >= 0.3 is 0 Å². The Morgan fingerprint density at radius 3 is 2.35 bits per heavy atom. The lowest BCUT2D eigenvalue weighted by atomic mass is 9.68. The van der Waals surface area contributed by atoms with Gasteiger partial charge in [-0.1, -0.05) is 46.2 Å². The first-order valence-electron chi connectivity index (χ1n) is 11.0. The zero-order valence-corrected chi connectivity index (χ0v) is 17.6. The summed E-state index contributed by atoms with van der Waals surface area (Å²) < 4.78 is 0. The molecule has 0 aromatic heterocycles. The van der Waals surface area contributed by atoms with E-state index < -0.39 is 0 Å². The van der Waals surface area contributed by atoms with Crippen LogP contribution < -0.4 is 4.90 Å². The molecule has 1 aliphatic heterocycles. The van der Waals surface area contributed by atoms with Gasteiger partial charge in [-0.25, -0.2) is 0 Å². The fourth-order valence-corrected chi connectivity index (χ4v) is 4.92. The van der Waals surface area contributed by atoms with Crippen LogP contribution in [-0.2, 0) is 0 Å². The minimum absolute atomic E-state index is 0.465. The number of unbranched alkanes of at least 4 members (excludes halogenated alkanes) is 1. The lowest BCUT2D eigenvalue weighted by Gasteiger charge is -2.40. The largest absolute Gasteiger partial charge is 0.369 e. The van der Waals surface area contributed by atoms with Crippen molar-refractivity contribution in [3.8, 4) is 0 Å². The predicted molar refractivity (Wildman–Crippen MR) is 113 cm³/mol. The lowest BCUT2D eigenvalue weighted by Crippen LogP contribution is -2.47. The monoisotopic (exact) mass is 355 g/mol. The maximum Gasteiger partial charge on any atom is 0.0408 e. The van der Waals surface area contributed by atoms with Crippen molar-refractivity contribution in [3.63, 3.8) is 0 Å². The summed E-state index contributed by atoms with van der Waals surface area (Å²) in [6.45, 7) is 15.6. The summed E-state index contributed by atoms with van der Waals surface area (Å²) in [4.78, 5) is 5.27. The predicted octanol–water partition coefficient (Wildman–Crippen LogP) is 5.73. The van der Waals surface area contributed by atoms with Gasteiger partial charge in [0.2, 0.25) is 0 Å². The van der Waals surface area contributed by atoms with Gasteiger partial charge in [0.05, 0.1) is 0 Å². The fraction of sp³-hybridized carbons (Fsp3) is 0.750. The molecular weight excluding hydrogens is 316 g/mol. The van der Waals surface area contributed by atoms with E-state index in [0.29, 0.717) is 5.41 Å². The van der Waals surface area contributed by atoms with Crippen LogP contribution in [0.3, 0.4) is 0 Å². The standard InChI is InChI=1S/C24H39N2/c1-5-6-15-25-16-18-26(19-17-25)23-10-8-7-9-22(23)20-11-13-21(14-12-20)24(2,3)4/h7,9-10,20-21H,5-6,11-19H2,1-4H3. The number of hydrogen-bond donors (Lipinski definition) is 0. The third kappa shape index (κ3) is 4.82. The minimum Gasteiger partial charge on any atom is -0.369 e. The molecular formula is C24H39N2. The van der Waals surface area contributed by atoms with E-state index in [9.17, 15) is 0 Å². The summed E-state index contributed by atoms with van der Waals surface area (Å²) in [7, 11) is 0. The average Bonchev–Trinajstić information content (AvgIpc) is 2.66. The number of rotatable bonds is 5. The Labute approximate surface area is 162 Å². The molecule has 3 rings (SSSR count). The van der Waals surface area contributed by atoms with Crippen molar-refractivity contribution in [1.82, 2.24) is 4.90 Å². The molecule has 1 radical (unpaired) electrons. The molecule has 26 heavy (non-hydrogen) atoms. The SMILES string of the molecule is CCCCN1CCN(c2c[c]ccc2C2CCC(C(C)(C)C)CC2)CC1. The average molecular weight is 356 g/mol. The molecule has 0 bridgehead atoms. The zero-order chi connectivity index (χ0) is 18.6. The van der Waals surface area contributed by atoms with Gasteiger partial charge in [-0.05, 0) is 73.6 Å². The molecule has 1 saturated heterocycles. The van der Waals surface area contributed by atoms with Crippen molar-refractivity contribution < 1.29 is 0 Å². The van der Waals surface area contributed by atoms with Crippen molar-refractivity contribution in [2.75, 3.05) is 37.6 Å². The van der Waals surface area contributed by atoms with Gasteiger partial charge in [0.25, 0.3) is 0 Å². The van der Waals surface area contributed by atoms with Crippen molar-refractivity contribution in [3.05, 3.63) is 29.8 Å². The van der Waals surface area contributed by atoms with Crippen LogP contribution in [0.1, 0.15) is 77.7 Å². The van der Waals surface area contributed by atoms with Crippen LogP contribution in [0, 0.1) is 17.4 Å². The van der Waals surface area contributed by atoms with Crippen LogP contribution in [-0.4, -0.2) is 37.6 Å². The summed E-state index contributed by atoms with van der Waals surface area (Å²) in [6.07, 6.45) is 8.12. The van der Waals surface area contributed by atoms with Gasteiger partial charge in [-0.15, -0.1) is 0 Å². The van der Waals surface area contributed by atoms with E-state index in [1.807, 2.05) is 0 Å². The number of piperazine rings is 1. The molecule has 2 nitrogen and oxygen atoms in total. The van der Waals surface area contributed by atoms with Crippen molar-refractivity contribution >= 4 is 5.69 Å². The Balaban J connectivity index is 1.63. The summed E-state index contributed by atoms with van der Waals surface area (Å²) in [5.74, 6) is 1.64. The van der Waals surface area contributed by atoms with E-state index in [1.165, 1.54) is 76.9 Å². The molecule has 1 heterocycles. The van der Waals surface area contributed by atoms with Crippen LogP contribution in [0.15, 0.2) is 18.2 Å². The van der Waals surface area contributed by atoms with Gasteiger partial charge in [0.1, 0.15) is 0 Å². The van der Waals surface area contributed by atoms with Crippen molar-refractivity contribution in [2.24, 2.45) is 11.3 Å². The summed E-state index contributed by atoms with van der Waals surface area (Å²) in [6, 6.07) is 10.1. The Morgan fingerprint density at radius 2 is 1.73 bits per heavy atom. The molecule has 0 unspecified atom stereocenters. The fourth-order valence-electron chi connectivity index (χ4n) is 4.92. The van der Waals surface area contributed by atoms with E-state index in [2.05, 4.69) is 61.8 Å². The molecule has 2 aliphatic rings. The first-order valence-corrected chi connectivity index (χ1v) is 11.0. The Bertz CT molecular complexity index is 544. The minimum atomic E-state index is 0.465. The maximum absolute atomic E-state index is 3.36. The molecule has 2 heteroatoms. The lowest BCUT2D eigenvalue weighted by molar-refractivity contribution is 0.169. The highest BCUT2D eigenvalue weighted by Crippen LogP contribution is 2.45. The second-order valence-corrected chi connectivity index (χ2v) is 9.58. The quantitative estimate of drug-likeness (QED) is 0.665. The normalized spacial score (nSPS) is 25.5. The maximum atomic E-state index is 3.36. The molecule has 1 aromatic carbocycles. The Kier molecular flexibility index (Phi) is 6.66.